The molecule has 19 heavy (non-hydrogen) atoms. The molecular weight excluding hydrogens is 261 g/mol. The molecule has 102 valence electrons. The highest BCUT2D eigenvalue weighted by Crippen LogP contribution is 2.12. The fourth-order valence-corrected chi connectivity index (χ4v) is 1.14. The van der Waals surface area contributed by atoms with Gasteiger partial charge in [0.1, 0.15) is 6.54 Å². The van der Waals surface area contributed by atoms with Gasteiger partial charge in [-0.3, -0.25) is 9.78 Å². The lowest BCUT2D eigenvalue weighted by molar-refractivity contribution is -0.123. The van der Waals surface area contributed by atoms with E-state index in [0.29, 0.717) is 5.56 Å². The maximum absolute atomic E-state index is 11.9. The molecule has 2 N–H and O–H groups in total. The van der Waals surface area contributed by atoms with Crippen molar-refractivity contribution >= 4 is 5.91 Å². The van der Waals surface area contributed by atoms with Crippen LogP contribution in [0.4, 0.5) is 13.2 Å². The number of amides is 1. The van der Waals surface area contributed by atoms with Crippen molar-refractivity contribution in [3.8, 4) is 11.8 Å². The summed E-state index contributed by atoms with van der Waals surface area (Å²) in [5.41, 5.74) is 0.396. The van der Waals surface area contributed by atoms with Gasteiger partial charge in [0, 0.05) is 24.4 Å². The summed E-state index contributed by atoms with van der Waals surface area (Å²) in [5.74, 6) is 4.40. The Morgan fingerprint density at radius 1 is 1.42 bits per heavy atom. The van der Waals surface area contributed by atoms with Crippen molar-refractivity contribution in [3.05, 3.63) is 29.6 Å². The van der Waals surface area contributed by atoms with Crippen LogP contribution in [-0.4, -0.2) is 35.3 Å². The van der Waals surface area contributed by atoms with E-state index in [1.54, 1.807) is 5.32 Å². The fraction of sp³-hybridized carbons (Fsp3) is 0.333. The lowest BCUT2D eigenvalue weighted by atomic mass is 10.2. The molecule has 1 aromatic rings. The molecule has 0 radical (unpaired) electrons. The molecule has 0 aliphatic rings. The lowest BCUT2D eigenvalue weighted by Gasteiger charge is -2.08. The fourth-order valence-electron chi connectivity index (χ4n) is 1.14. The molecule has 4 nitrogen and oxygen atoms in total. The van der Waals surface area contributed by atoms with E-state index in [0.717, 1.165) is 6.20 Å². The van der Waals surface area contributed by atoms with E-state index in [2.05, 4.69) is 16.8 Å². The third-order valence-electron chi connectivity index (χ3n) is 1.92. The van der Waals surface area contributed by atoms with Gasteiger partial charge in [-0.25, -0.2) is 0 Å². The zero-order chi connectivity index (χ0) is 14.3. The number of rotatable bonds is 3. The molecule has 1 heterocycles. The Hall–Kier alpha value is -2.07. The molecule has 1 rings (SSSR count). The van der Waals surface area contributed by atoms with Gasteiger partial charge in [-0.1, -0.05) is 11.8 Å². The summed E-state index contributed by atoms with van der Waals surface area (Å²) in [7, 11) is 0. The molecule has 0 saturated heterocycles. The molecule has 1 aromatic heterocycles. The molecule has 0 aliphatic carbocycles. The number of nitrogens with zero attached hydrogens (tertiary/aromatic N) is 1. The Morgan fingerprint density at radius 2 is 2.16 bits per heavy atom. The third-order valence-corrected chi connectivity index (χ3v) is 1.92. The van der Waals surface area contributed by atoms with Crippen molar-refractivity contribution in [1.82, 2.24) is 10.3 Å². The molecule has 0 spiro atoms. The van der Waals surface area contributed by atoms with E-state index in [9.17, 15) is 18.0 Å². The van der Waals surface area contributed by atoms with E-state index < -0.39 is 18.6 Å². The first kappa shape index (κ1) is 15.0. The van der Waals surface area contributed by atoms with Crippen LogP contribution in [0.25, 0.3) is 0 Å². The van der Waals surface area contributed by atoms with Gasteiger partial charge >= 0.3 is 6.18 Å². The van der Waals surface area contributed by atoms with Gasteiger partial charge in [-0.15, -0.1) is 0 Å². The van der Waals surface area contributed by atoms with E-state index in [4.69, 9.17) is 5.11 Å². The van der Waals surface area contributed by atoms with Crippen molar-refractivity contribution in [1.29, 1.82) is 0 Å². The first-order valence-electron chi connectivity index (χ1n) is 5.32. The minimum absolute atomic E-state index is 0.0000449. The molecule has 0 aromatic carbocycles. The highest BCUT2D eigenvalue weighted by Gasteiger charge is 2.27. The predicted molar refractivity (Wildman–Crippen MR) is 61.2 cm³/mol. The van der Waals surface area contributed by atoms with Crippen LogP contribution in [-0.2, 0) is 0 Å². The molecule has 0 fully saturated rings. The predicted octanol–water partition coefficient (Wildman–Crippen LogP) is 1.11. The van der Waals surface area contributed by atoms with Crippen LogP contribution in [0.1, 0.15) is 22.3 Å². The SMILES string of the molecule is O=C(NCC(F)(F)F)c1cncc(C#CCCO)c1. The van der Waals surface area contributed by atoms with Crippen molar-refractivity contribution in [2.75, 3.05) is 13.2 Å². The number of aliphatic hydroxyl groups is 1. The molecule has 0 bridgehead atoms. The van der Waals surface area contributed by atoms with Crippen LogP contribution in [0.2, 0.25) is 0 Å². The van der Waals surface area contributed by atoms with Crippen molar-refractivity contribution in [2.45, 2.75) is 12.6 Å². The van der Waals surface area contributed by atoms with Crippen molar-refractivity contribution < 1.29 is 23.1 Å². The number of alkyl halides is 3. The summed E-state index contributed by atoms with van der Waals surface area (Å²) in [6.45, 7) is -1.49. The Labute approximate surface area is 107 Å². The van der Waals surface area contributed by atoms with Crippen LogP contribution < -0.4 is 5.32 Å². The number of nitrogens with one attached hydrogen (secondary N) is 1. The van der Waals surface area contributed by atoms with Crippen molar-refractivity contribution in [2.24, 2.45) is 0 Å². The highest BCUT2D eigenvalue weighted by atomic mass is 19.4. The lowest BCUT2D eigenvalue weighted by Crippen LogP contribution is -2.33. The number of carbonyl (C=O) groups excluding carboxylic acids is 1. The molecular formula is C12H11F3N2O2. The van der Waals surface area contributed by atoms with Crippen LogP contribution in [0.5, 0.6) is 0 Å². The number of aliphatic hydroxyl groups excluding tert-OH is 1. The molecule has 0 unspecified atom stereocenters. The maximum atomic E-state index is 11.9. The summed E-state index contributed by atoms with van der Waals surface area (Å²) >= 11 is 0. The zero-order valence-electron chi connectivity index (χ0n) is 9.79. The topological polar surface area (TPSA) is 62.2 Å². The van der Waals surface area contributed by atoms with Gasteiger partial charge in [-0.2, -0.15) is 13.2 Å². The second kappa shape index (κ2) is 6.75. The molecule has 0 aliphatic heterocycles. The maximum Gasteiger partial charge on any atom is 0.405 e. The average molecular weight is 272 g/mol. The molecule has 0 atom stereocenters. The van der Waals surface area contributed by atoms with E-state index in [1.165, 1.54) is 12.3 Å². The number of carbonyl (C=O) groups is 1. The number of halogens is 3. The smallest absolute Gasteiger partial charge is 0.395 e. The van der Waals surface area contributed by atoms with Gasteiger partial charge in [0.15, 0.2) is 0 Å². The van der Waals surface area contributed by atoms with E-state index in [1.807, 2.05) is 0 Å². The van der Waals surface area contributed by atoms with Crippen LogP contribution in [0.15, 0.2) is 18.5 Å². The second-order valence-corrected chi connectivity index (χ2v) is 3.54. The van der Waals surface area contributed by atoms with Gasteiger partial charge < -0.3 is 10.4 Å². The number of hydrogen-bond acceptors (Lipinski definition) is 3. The number of pyridine rings is 1. The Bertz CT molecular complexity index is 504. The Morgan fingerprint density at radius 3 is 2.79 bits per heavy atom. The van der Waals surface area contributed by atoms with Gasteiger partial charge in [0.2, 0.25) is 0 Å². The first-order valence-corrected chi connectivity index (χ1v) is 5.32. The zero-order valence-corrected chi connectivity index (χ0v) is 9.79. The third kappa shape index (κ3) is 5.88. The molecule has 1 amide bonds. The quantitative estimate of drug-likeness (QED) is 0.810. The van der Waals surface area contributed by atoms with Crippen LogP contribution >= 0.6 is 0 Å². The summed E-state index contributed by atoms with van der Waals surface area (Å²) < 4.78 is 35.8. The van der Waals surface area contributed by atoms with Gasteiger partial charge in [0.25, 0.3) is 5.91 Å². The van der Waals surface area contributed by atoms with Crippen LogP contribution in [0, 0.1) is 11.8 Å². The summed E-state index contributed by atoms with van der Waals surface area (Å²) in [6.07, 6.45) is -1.65. The van der Waals surface area contributed by atoms with Gasteiger partial charge in [0.05, 0.1) is 12.2 Å². The number of aromatic nitrogens is 1. The first-order chi connectivity index (χ1) is 8.92. The average Bonchev–Trinajstić information content (AvgIpc) is 2.36. The highest BCUT2D eigenvalue weighted by molar-refractivity contribution is 5.94. The van der Waals surface area contributed by atoms with Gasteiger partial charge in [-0.05, 0) is 6.07 Å². The van der Waals surface area contributed by atoms with Crippen molar-refractivity contribution in [3.63, 3.8) is 0 Å². The summed E-state index contributed by atoms with van der Waals surface area (Å²) in [4.78, 5) is 15.2. The minimum atomic E-state index is -4.46. The largest absolute Gasteiger partial charge is 0.405 e. The normalized spacial score (nSPS) is 10.5. The molecule has 0 saturated carbocycles. The monoisotopic (exact) mass is 272 g/mol. The van der Waals surface area contributed by atoms with E-state index in [-0.39, 0.29) is 18.6 Å². The Kier molecular flexibility index (Phi) is 5.33. The summed E-state index contributed by atoms with van der Waals surface area (Å²) in [6, 6.07) is 1.34. The number of hydrogen-bond donors (Lipinski definition) is 2. The second-order valence-electron chi connectivity index (χ2n) is 3.54. The summed E-state index contributed by atoms with van der Waals surface area (Å²) in [5, 5.41) is 10.3. The van der Waals surface area contributed by atoms with Crippen LogP contribution in [0.3, 0.4) is 0 Å². The van der Waals surface area contributed by atoms with E-state index >= 15 is 0 Å². The molecule has 7 heteroatoms. The minimum Gasteiger partial charge on any atom is -0.395 e. The standard InChI is InChI=1S/C12H11F3N2O2/c13-12(14,15)8-17-11(19)10-5-9(6-16-7-10)3-1-2-4-18/h5-7,18H,2,4,8H2,(H,17,19). The Balaban J connectivity index is 2.71.